The molecule has 5 rings (SSSR count). The van der Waals surface area contributed by atoms with Gasteiger partial charge in [0.2, 0.25) is 0 Å². The van der Waals surface area contributed by atoms with Gasteiger partial charge >= 0.3 is 11.9 Å². The normalized spacial score (nSPS) is 49.9. The summed E-state index contributed by atoms with van der Waals surface area (Å²) in [5.41, 5.74) is -1.16. The van der Waals surface area contributed by atoms with Gasteiger partial charge in [0.25, 0.3) is 0 Å². The Hall–Kier alpha value is -1.14. The standard InChI is InChI=1S/C34H56O6/c1-20(35)38-24-19-23-22(34(10)18-14-27(40-34)30(5,6)37)11-16-32(23,8)33(9)17-12-25-29(3,4)26(39-21(2)36)13-15-31(25,7)28(24)33/h22-28,37H,11-19H2,1-10H3/t22-,23?,24+,25?,26+,27-,28?,31-,32+,33+,34+/m0/s1. The Bertz CT molecular complexity index is 1030. The first-order chi connectivity index (χ1) is 18.3. The molecule has 40 heavy (non-hydrogen) atoms. The zero-order valence-corrected chi connectivity index (χ0v) is 26.9. The summed E-state index contributed by atoms with van der Waals surface area (Å²) in [4.78, 5) is 24.6. The summed E-state index contributed by atoms with van der Waals surface area (Å²) in [6.07, 6.45) is 8.66. The third kappa shape index (κ3) is 4.31. The van der Waals surface area contributed by atoms with E-state index >= 15 is 0 Å². The molecule has 4 aliphatic carbocycles. The second kappa shape index (κ2) is 9.43. The molecule has 0 radical (unpaired) electrons. The minimum Gasteiger partial charge on any atom is -0.462 e. The minimum atomic E-state index is -0.853. The topological polar surface area (TPSA) is 82.1 Å². The number of hydrogen-bond acceptors (Lipinski definition) is 6. The first-order valence-corrected chi connectivity index (χ1v) is 16.0. The lowest BCUT2D eigenvalue weighted by Crippen LogP contribution is -2.68. The number of rotatable bonds is 4. The monoisotopic (exact) mass is 560 g/mol. The van der Waals surface area contributed by atoms with Gasteiger partial charge in [-0.05, 0) is 113 Å². The van der Waals surface area contributed by atoms with E-state index in [1.165, 1.54) is 6.92 Å². The van der Waals surface area contributed by atoms with Gasteiger partial charge in [0.1, 0.15) is 12.2 Å². The van der Waals surface area contributed by atoms with Crippen LogP contribution in [0.15, 0.2) is 0 Å². The van der Waals surface area contributed by atoms with Crippen LogP contribution in [0.4, 0.5) is 0 Å². The van der Waals surface area contributed by atoms with Gasteiger partial charge in [-0.1, -0.05) is 34.6 Å². The van der Waals surface area contributed by atoms with Crippen molar-refractivity contribution in [1.29, 1.82) is 0 Å². The van der Waals surface area contributed by atoms with Crippen molar-refractivity contribution in [3.63, 3.8) is 0 Å². The summed E-state index contributed by atoms with van der Waals surface area (Å²) in [5, 5.41) is 10.7. The number of hydrogen-bond donors (Lipinski definition) is 1. The number of fused-ring (bicyclic) bond motifs is 5. The smallest absolute Gasteiger partial charge is 0.302 e. The zero-order chi connectivity index (χ0) is 29.7. The first kappa shape index (κ1) is 30.3. The summed E-state index contributed by atoms with van der Waals surface area (Å²) < 4.78 is 19.0. The molecular weight excluding hydrogens is 504 g/mol. The highest BCUT2D eigenvalue weighted by molar-refractivity contribution is 5.66. The summed E-state index contributed by atoms with van der Waals surface area (Å²) in [6, 6.07) is 0. The Morgan fingerprint density at radius 1 is 0.800 bits per heavy atom. The maximum absolute atomic E-state index is 12.6. The van der Waals surface area contributed by atoms with Crippen LogP contribution in [-0.4, -0.2) is 46.6 Å². The van der Waals surface area contributed by atoms with Crippen LogP contribution in [0.25, 0.3) is 0 Å². The van der Waals surface area contributed by atoms with Gasteiger partial charge in [-0.15, -0.1) is 0 Å². The van der Waals surface area contributed by atoms with E-state index in [0.717, 1.165) is 57.8 Å². The number of ether oxygens (including phenoxy) is 3. The van der Waals surface area contributed by atoms with Crippen molar-refractivity contribution in [3.05, 3.63) is 0 Å². The fraction of sp³-hybridized carbons (Fsp3) is 0.941. The van der Waals surface area contributed by atoms with Crippen LogP contribution in [-0.2, 0) is 23.8 Å². The molecule has 3 unspecified atom stereocenters. The molecule has 1 heterocycles. The van der Waals surface area contributed by atoms with Crippen LogP contribution in [0.3, 0.4) is 0 Å². The maximum atomic E-state index is 12.6. The van der Waals surface area contributed by atoms with E-state index < -0.39 is 5.60 Å². The molecule has 4 saturated carbocycles. The van der Waals surface area contributed by atoms with E-state index in [9.17, 15) is 14.7 Å². The molecule has 5 fully saturated rings. The summed E-state index contributed by atoms with van der Waals surface area (Å²) in [5.74, 6) is 1.03. The quantitative estimate of drug-likeness (QED) is 0.379. The number of carbonyl (C=O) groups excluding carboxylic acids is 2. The van der Waals surface area contributed by atoms with Crippen molar-refractivity contribution in [3.8, 4) is 0 Å². The Morgan fingerprint density at radius 3 is 2.00 bits per heavy atom. The molecule has 0 aromatic rings. The van der Waals surface area contributed by atoms with Gasteiger partial charge in [-0.2, -0.15) is 0 Å². The summed E-state index contributed by atoms with van der Waals surface area (Å²) in [6.45, 7) is 21.2. The van der Waals surface area contributed by atoms with Crippen molar-refractivity contribution in [2.75, 3.05) is 0 Å². The SMILES string of the molecule is CC(=O)O[C@@H]1CC2[C@@H]([C@@]3(C)CC[C@@H](C(C)(C)O)O3)CC[C@@]2(C)[C@]2(C)CCC3C(C)(C)[C@H](OC(C)=O)CC[C@]3(C)C12. The lowest BCUT2D eigenvalue weighted by Gasteiger charge is -2.71. The number of aliphatic hydroxyl groups is 1. The molecule has 0 aromatic heterocycles. The van der Waals surface area contributed by atoms with E-state index in [-0.39, 0.29) is 63.4 Å². The Kier molecular flexibility index (Phi) is 7.15. The molecule has 1 aliphatic heterocycles. The lowest BCUT2D eigenvalue weighted by molar-refractivity contribution is -0.263. The predicted molar refractivity (Wildman–Crippen MR) is 154 cm³/mol. The van der Waals surface area contributed by atoms with Crippen molar-refractivity contribution < 1.29 is 28.9 Å². The predicted octanol–water partition coefficient (Wildman–Crippen LogP) is 6.85. The molecule has 228 valence electrons. The number of esters is 2. The van der Waals surface area contributed by atoms with Crippen molar-refractivity contribution in [2.24, 2.45) is 45.3 Å². The molecule has 0 spiro atoms. The summed E-state index contributed by atoms with van der Waals surface area (Å²) in [7, 11) is 0. The van der Waals surface area contributed by atoms with Crippen LogP contribution in [0.1, 0.15) is 127 Å². The summed E-state index contributed by atoms with van der Waals surface area (Å²) >= 11 is 0. The second-order valence-electron chi connectivity index (χ2n) is 16.6. The van der Waals surface area contributed by atoms with Crippen LogP contribution in [0, 0.1) is 45.3 Å². The van der Waals surface area contributed by atoms with Crippen molar-refractivity contribution in [1.82, 2.24) is 0 Å². The lowest BCUT2D eigenvalue weighted by atomic mass is 9.35. The van der Waals surface area contributed by atoms with Gasteiger partial charge in [-0.3, -0.25) is 9.59 Å². The van der Waals surface area contributed by atoms with Crippen molar-refractivity contribution >= 4 is 11.9 Å². The average molecular weight is 561 g/mol. The highest BCUT2D eigenvalue weighted by atomic mass is 16.5. The molecule has 0 amide bonds. The molecule has 0 bridgehead atoms. The Labute approximate surface area is 242 Å². The van der Waals surface area contributed by atoms with Gasteiger partial charge < -0.3 is 19.3 Å². The van der Waals surface area contributed by atoms with E-state index in [0.29, 0.717) is 17.8 Å². The second-order valence-corrected chi connectivity index (χ2v) is 16.6. The molecular formula is C34H56O6. The largest absolute Gasteiger partial charge is 0.462 e. The van der Waals surface area contributed by atoms with Gasteiger partial charge in [0.15, 0.2) is 0 Å². The van der Waals surface area contributed by atoms with Gasteiger partial charge in [-0.25, -0.2) is 0 Å². The molecule has 0 aromatic carbocycles. The van der Waals surface area contributed by atoms with Crippen LogP contribution in [0.2, 0.25) is 0 Å². The van der Waals surface area contributed by atoms with E-state index in [1.807, 2.05) is 13.8 Å². The van der Waals surface area contributed by atoms with Gasteiger partial charge in [0.05, 0.1) is 17.3 Å². The molecule has 6 nitrogen and oxygen atoms in total. The van der Waals surface area contributed by atoms with Crippen molar-refractivity contribution in [2.45, 2.75) is 157 Å². The highest BCUT2D eigenvalue weighted by Gasteiger charge is 2.73. The highest BCUT2D eigenvalue weighted by Crippen LogP contribution is 2.76. The fourth-order valence-electron chi connectivity index (χ4n) is 11.8. The number of carbonyl (C=O) groups is 2. The fourth-order valence-corrected chi connectivity index (χ4v) is 11.8. The van der Waals surface area contributed by atoms with Crippen LogP contribution < -0.4 is 0 Å². The minimum absolute atomic E-state index is 0.0148. The maximum Gasteiger partial charge on any atom is 0.302 e. The molecule has 5 aliphatic rings. The Morgan fingerprint density at radius 2 is 1.43 bits per heavy atom. The van der Waals surface area contributed by atoms with E-state index in [1.54, 1.807) is 6.92 Å². The zero-order valence-electron chi connectivity index (χ0n) is 26.9. The molecule has 1 saturated heterocycles. The Balaban J connectivity index is 1.52. The average Bonchev–Trinajstić information content (AvgIpc) is 3.37. The third-order valence-corrected chi connectivity index (χ3v) is 13.8. The van der Waals surface area contributed by atoms with Gasteiger partial charge in [0, 0.05) is 25.2 Å². The molecule has 6 heteroatoms. The van der Waals surface area contributed by atoms with E-state index in [4.69, 9.17) is 14.2 Å². The van der Waals surface area contributed by atoms with Crippen LogP contribution >= 0.6 is 0 Å². The molecule has 11 atom stereocenters. The van der Waals surface area contributed by atoms with Crippen LogP contribution in [0.5, 0.6) is 0 Å². The molecule has 1 N–H and O–H groups in total. The third-order valence-electron chi connectivity index (χ3n) is 13.8. The first-order valence-electron chi connectivity index (χ1n) is 16.0. The van der Waals surface area contributed by atoms with E-state index in [2.05, 4.69) is 41.5 Å².